The van der Waals surface area contributed by atoms with Crippen LogP contribution >= 0.6 is 36.2 Å². The Morgan fingerprint density at radius 3 is 2.44 bits per heavy atom. The minimum Gasteiger partial charge on any atom is -0.354 e. The SMILES string of the molecule is CCC(CC)(Cc1nc2ccccc2s1)C(=O)NCC(C)NC.Cl.Cl. The van der Waals surface area contributed by atoms with Gasteiger partial charge in [-0.05, 0) is 38.9 Å². The van der Waals surface area contributed by atoms with E-state index in [1.165, 1.54) is 4.70 Å². The number of rotatable bonds is 8. The van der Waals surface area contributed by atoms with Gasteiger partial charge < -0.3 is 10.6 Å². The summed E-state index contributed by atoms with van der Waals surface area (Å²) in [5, 5.41) is 7.30. The van der Waals surface area contributed by atoms with Crippen molar-refractivity contribution < 1.29 is 4.79 Å². The fraction of sp³-hybridized carbons (Fsp3) is 0.556. The van der Waals surface area contributed by atoms with Gasteiger partial charge in [0.15, 0.2) is 0 Å². The van der Waals surface area contributed by atoms with Crippen molar-refractivity contribution in [2.75, 3.05) is 13.6 Å². The molecular formula is C18H29Cl2N3OS. The van der Waals surface area contributed by atoms with E-state index in [9.17, 15) is 4.79 Å². The van der Waals surface area contributed by atoms with Crippen molar-refractivity contribution >= 4 is 52.3 Å². The lowest BCUT2D eigenvalue weighted by molar-refractivity contribution is -0.131. The second-order valence-electron chi connectivity index (χ2n) is 6.14. The third-order valence-electron chi connectivity index (χ3n) is 4.72. The van der Waals surface area contributed by atoms with Gasteiger partial charge in [-0.3, -0.25) is 4.79 Å². The summed E-state index contributed by atoms with van der Waals surface area (Å²) >= 11 is 1.70. The number of aromatic nitrogens is 1. The molecule has 2 aromatic rings. The van der Waals surface area contributed by atoms with E-state index in [0.29, 0.717) is 13.0 Å². The van der Waals surface area contributed by atoms with Crippen LogP contribution in [0.5, 0.6) is 0 Å². The molecule has 1 atom stereocenters. The Labute approximate surface area is 167 Å². The largest absolute Gasteiger partial charge is 0.354 e. The average molecular weight is 406 g/mol. The van der Waals surface area contributed by atoms with Crippen LogP contribution < -0.4 is 10.6 Å². The standard InChI is InChI=1S/C18H27N3OS.2ClH/c1-5-18(6-2,17(22)20-12-13(3)19-4)11-16-21-14-9-7-8-10-15(14)23-16;;/h7-10,13,19H,5-6,11-12H2,1-4H3,(H,20,22);2*1H. The van der Waals surface area contributed by atoms with Crippen molar-refractivity contribution in [3.05, 3.63) is 29.3 Å². The number of hydrogen-bond donors (Lipinski definition) is 2. The monoisotopic (exact) mass is 405 g/mol. The molecule has 0 bridgehead atoms. The molecule has 1 amide bonds. The maximum Gasteiger partial charge on any atom is 0.226 e. The van der Waals surface area contributed by atoms with Crippen molar-refractivity contribution in [1.82, 2.24) is 15.6 Å². The summed E-state index contributed by atoms with van der Waals surface area (Å²) in [7, 11) is 1.91. The fourth-order valence-corrected chi connectivity index (χ4v) is 3.83. The average Bonchev–Trinajstić information content (AvgIpc) is 2.99. The van der Waals surface area contributed by atoms with Gasteiger partial charge in [0.1, 0.15) is 0 Å². The highest BCUT2D eigenvalue weighted by molar-refractivity contribution is 7.18. The zero-order valence-corrected chi connectivity index (χ0v) is 17.7. The van der Waals surface area contributed by atoms with Crippen LogP contribution in [0.15, 0.2) is 24.3 Å². The van der Waals surface area contributed by atoms with Gasteiger partial charge in [-0.2, -0.15) is 0 Å². The van der Waals surface area contributed by atoms with Gasteiger partial charge in [0.05, 0.1) is 20.6 Å². The molecular weight excluding hydrogens is 377 g/mol. The summed E-state index contributed by atoms with van der Waals surface area (Å²) in [5.74, 6) is 0.142. The number of benzene rings is 1. The molecule has 25 heavy (non-hydrogen) atoms. The zero-order chi connectivity index (χ0) is 16.9. The Kier molecular flexibility index (Phi) is 10.6. The van der Waals surface area contributed by atoms with E-state index < -0.39 is 0 Å². The first-order valence-electron chi connectivity index (χ1n) is 8.34. The van der Waals surface area contributed by atoms with Gasteiger partial charge in [-0.15, -0.1) is 36.2 Å². The van der Waals surface area contributed by atoms with Gasteiger partial charge in [-0.1, -0.05) is 26.0 Å². The summed E-state index contributed by atoms with van der Waals surface area (Å²) in [6.45, 7) is 6.90. The smallest absolute Gasteiger partial charge is 0.226 e. The molecule has 0 aliphatic heterocycles. The van der Waals surface area contributed by atoms with Crippen molar-refractivity contribution in [2.24, 2.45) is 5.41 Å². The van der Waals surface area contributed by atoms with Crippen LogP contribution in [0.4, 0.5) is 0 Å². The normalized spacial score (nSPS) is 12.2. The van der Waals surface area contributed by atoms with E-state index in [-0.39, 0.29) is 42.2 Å². The predicted octanol–water partition coefficient (Wildman–Crippen LogP) is 4.21. The Morgan fingerprint density at radius 1 is 1.24 bits per heavy atom. The van der Waals surface area contributed by atoms with E-state index in [0.717, 1.165) is 23.4 Å². The van der Waals surface area contributed by atoms with Gasteiger partial charge >= 0.3 is 0 Å². The second-order valence-corrected chi connectivity index (χ2v) is 7.25. The number of para-hydroxylation sites is 1. The predicted molar refractivity (Wildman–Crippen MR) is 112 cm³/mol. The number of halogens is 2. The Bertz CT molecular complexity index is 626. The molecule has 0 radical (unpaired) electrons. The summed E-state index contributed by atoms with van der Waals surface area (Å²) in [4.78, 5) is 17.5. The van der Waals surface area contributed by atoms with Crippen LogP contribution in [-0.4, -0.2) is 30.5 Å². The number of likely N-dealkylation sites (N-methyl/N-ethyl adjacent to an activating group) is 1. The van der Waals surface area contributed by atoms with Crippen LogP contribution in [0.1, 0.15) is 38.6 Å². The summed E-state index contributed by atoms with van der Waals surface area (Å²) in [6, 6.07) is 8.43. The molecule has 1 heterocycles. The van der Waals surface area contributed by atoms with Gasteiger partial charge in [-0.25, -0.2) is 4.98 Å². The van der Waals surface area contributed by atoms with Crippen LogP contribution in [-0.2, 0) is 11.2 Å². The van der Waals surface area contributed by atoms with Crippen molar-refractivity contribution in [1.29, 1.82) is 0 Å². The molecule has 7 heteroatoms. The van der Waals surface area contributed by atoms with Gasteiger partial charge in [0.2, 0.25) is 5.91 Å². The highest BCUT2D eigenvalue weighted by Crippen LogP contribution is 2.34. The molecule has 0 spiro atoms. The molecule has 0 fully saturated rings. The van der Waals surface area contributed by atoms with Gasteiger partial charge in [0, 0.05) is 19.0 Å². The molecule has 142 valence electrons. The minimum atomic E-state index is -0.374. The third-order valence-corrected chi connectivity index (χ3v) is 5.76. The first kappa shape index (κ1) is 24.1. The van der Waals surface area contributed by atoms with Crippen LogP contribution in [0.3, 0.4) is 0 Å². The van der Waals surface area contributed by atoms with E-state index in [4.69, 9.17) is 4.98 Å². The second kappa shape index (κ2) is 11.0. The van der Waals surface area contributed by atoms with Crippen LogP contribution in [0, 0.1) is 5.41 Å². The summed E-state index contributed by atoms with van der Waals surface area (Å²) in [5.41, 5.74) is 0.652. The van der Waals surface area contributed by atoms with Crippen LogP contribution in [0.2, 0.25) is 0 Å². The molecule has 1 unspecified atom stereocenters. The lowest BCUT2D eigenvalue weighted by atomic mass is 9.78. The minimum absolute atomic E-state index is 0. The molecule has 0 saturated heterocycles. The Balaban J connectivity index is 0.00000288. The number of carbonyl (C=O) groups excluding carboxylic acids is 1. The van der Waals surface area contributed by atoms with E-state index >= 15 is 0 Å². The van der Waals surface area contributed by atoms with Crippen molar-refractivity contribution in [3.63, 3.8) is 0 Å². The van der Waals surface area contributed by atoms with Crippen LogP contribution in [0.25, 0.3) is 10.2 Å². The lowest BCUT2D eigenvalue weighted by Gasteiger charge is -2.30. The molecule has 0 saturated carbocycles. The molecule has 1 aromatic carbocycles. The first-order valence-corrected chi connectivity index (χ1v) is 9.16. The Hall–Kier alpha value is -0.880. The lowest BCUT2D eigenvalue weighted by Crippen LogP contribution is -2.46. The van der Waals surface area contributed by atoms with Crippen molar-refractivity contribution in [2.45, 2.75) is 46.1 Å². The highest BCUT2D eigenvalue weighted by Gasteiger charge is 2.36. The summed E-state index contributed by atoms with van der Waals surface area (Å²) < 4.78 is 1.19. The number of fused-ring (bicyclic) bond motifs is 1. The number of amides is 1. The number of hydrogen-bond acceptors (Lipinski definition) is 4. The maximum absolute atomic E-state index is 12.8. The third kappa shape index (κ3) is 5.81. The number of thiazole rings is 1. The van der Waals surface area contributed by atoms with Gasteiger partial charge in [0.25, 0.3) is 0 Å². The fourth-order valence-electron chi connectivity index (χ4n) is 2.72. The van der Waals surface area contributed by atoms with E-state index in [1.54, 1.807) is 11.3 Å². The van der Waals surface area contributed by atoms with E-state index in [1.807, 2.05) is 25.2 Å². The number of nitrogens with zero attached hydrogens (tertiary/aromatic N) is 1. The number of carbonyl (C=O) groups is 1. The molecule has 0 aliphatic carbocycles. The molecule has 1 aromatic heterocycles. The van der Waals surface area contributed by atoms with E-state index in [2.05, 4.69) is 37.5 Å². The molecule has 2 rings (SSSR count). The molecule has 4 nitrogen and oxygen atoms in total. The number of nitrogens with one attached hydrogen (secondary N) is 2. The topological polar surface area (TPSA) is 54.0 Å². The quantitative estimate of drug-likeness (QED) is 0.691. The molecule has 0 aliphatic rings. The van der Waals surface area contributed by atoms with Crippen molar-refractivity contribution in [3.8, 4) is 0 Å². The summed E-state index contributed by atoms with van der Waals surface area (Å²) in [6.07, 6.45) is 2.34. The maximum atomic E-state index is 12.8. The highest BCUT2D eigenvalue weighted by atomic mass is 35.5. The first-order chi connectivity index (χ1) is 11.0. The molecule has 2 N–H and O–H groups in total. The Morgan fingerprint density at radius 2 is 1.88 bits per heavy atom. The zero-order valence-electron chi connectivity index (χ0n) is 15.3.